The number of ether oxygens (including phenoxy) is 3. The molecule has 0 unspecified atom stereocenters. The van der Waals surface area contributed by atoms with Crippen molar-refractivity contribution in [2.24, 2.45) is 5.10 Å². The maximum atomic E-state index is 13.7. The Bertz CT molecular complexity index is 2170. The number of aryl methyl sites for hydroxylation is 1. The number of methoxy groups -OCH3 is 1. The number of benzene rings is 4. The van der Waals surface area contributed by atoms with E-state index in [1.54, 1.807) is 55.6 Å². The number of nitrogens with one attached hydrogen (secondary N) is 1. The lowest BCUT2D eigenvalue weighted by molar-refractivity contribution is -0.118. The molecular formula is C35H29ClN4O6. The number of rotatable bonds is 10. The standard InChI is InChI=1S/C35H29ClN4O6/c1-4-44-30-17-22(16-25(36)33(30)45-20-32(41)38-26-12-7-5-10-21(26)2)19-37-40-34(39-27-13-8-6-11-23(27)35(40)42)31-18-24-28(43-3)14-9-15-29(24)46-31/h5-19H,4,20H2,1-3H3,(H,38,41). The second kappa shape index (κ2) is 13.2. The zero-order chi connectivity index (χ0) is 32.2. The highest BCUT2D eigenvalue weighted by atomic mass is 35.5. The molecule has 0 saturated heterocycles. The lowest BCUT2D eigenvalue weighted by Crippen LogP contribution is -2.21. The van der Waals surface area contributed by atoms with Crippen molar-refractivity contribution in [3.63, 3.8) is 0 Å². The molecule has 0 saturated carbocycles. The van der Waals surface area contributed by atoms with Crippen molar-refractivity contribution >= 4 is 51.3 Å². The van der Waals surface area contributed by atoms with Crippen LogP contribution in [0.1, 0.15) is 18.1 Å². The number of anilines is 1. The van der Waals surface area contributed by atoms with Crippen LogP contribution in [-0.4, -0.2) is 42.1 Å². The largest absolute Gasteiger partial charge is 0.496 e. The average Bonchev–Trinajstić information content (AvgIpc) is 3.50. The molecule has 232 valence electrons. The Balaban J connectivity index is 1.34. The third-order valence-electron chi connectivity index (χ3n) is 7.14. The quantitative estimate of drug-likeness (QED) is 0.160. The second-order valence-corrected chi connectivity index (χ2v) is 10.6. The number of carbonyl (C=O) groups excluding carboxylic acids is 1. The maximum absolute atomic E-state index is 13.7. The van der Waals surface area contributed by atoms with Crippen LogP contribution in [0.5, 0.6) is 17.2 Å². The van der Waals surface area contributed by atoms with Crippen molar-refractivity contribution < 1.29 is 23.4 Å². The van der Waals surface area contributed by atoms with E-state index in [1.165, 1.54) is 10.9 Å². The predicted octanol–water partition coefficient (Wildman–Crippen LogP) is 7.08. The van der Waals surface area contributed by atoms with Gasteiger partial charge in [0.1, 0.15) is 11.3 Å². The molecule has 2 heterocycles. The molecule has 1 N–H and O–H groups in total. The molecule has 6 aromatic rings. The van der Waals surface area contributed by atoms with Crippen molar-refractivity contribution in [2.75, 3.05) is 25.6 Å². The van der Waals surface area contributed by atoms with Gasteiger partial charge in [-0.15, -0.1) is 0 Å². The monoisotopic (exact) mass is 636 g/mol. The molecule has 0 radical (unpaired) electrons. The number of furan rings is 1. The van der Waals surface area contributed by atoms with Gasteiger partial charge in [-0.3, -0.25) is 9.59 Å². The highest BCUT2D eigenvalue weighted by molar-refractivity contribution is 6.32. The summed E-state index contributed by atoms with van der Waals surface area (Å²) in [5.41, 5.74) is 2.82. The number of halogens is 1. The van der Waals surface area contributed by atoms with Gasteiger partial charge in [0, 0.05) is 5.69 Å². The molecule has 0 aliphatic carbocycles. The van der Waals surface area contributed by atoms with Gasteiger partial charge in [0.05, 0.1) is 41.2 Å². The van der Waals surface area contributed by atoms with Gasteiger partial charge in [-0.1, -0.05) is 48.0 Å². The van der Waals surface area contributed by atoms with Gasteiger partial charge in [-0.2, -0.15) is 9.78 Å². The molecule has 46 heavy (non-hydrogen) atoms. The van der Waals surface area contributed by atoms with Crippen LogP contribution in [0, 0.1) is 6.92 Å². The van der Waals surface area contributed by atoms with Crippen LogP contribution in [0.3, 0.4) is 0 Å². The summed E-state index contributed by atoms with van der Waals surface area (Å²) >= 11 is 6.63. The van der Waals surface area contributed by atoms with Gasteiger partial charge in [0.2, 0.25) is 5.82 Å². The second-order valence-electron chi connectivity index (χ2n) is 10.2. The van der Waals surface area contributed by atoms with Crippen molar-refractivity contribution in [2.45, 2.75) is 13.8 Å². The summed E-state index contributed by atoms with van der Waals surface area (Å²) in [6, 6.07) is 24.9. The number of aromatic nitrogens is 2. The first-order valence-electron chi connectivity index (χ1n) is 14.4. The Hall–Kier alpha value is -5.61. The van der Waals surface area contributed by atoms with Crippen LogP contribution < -0.4 is 25.1 Å². The summed E-state index contributed by atoms with van der Waals surface area (Å²) < 4.78 is 24.4. The third-order valence-corrected chi connectivity index (χ3v) is 7.42. The molecule has 6 rings (SSSR count). The summed E-state index contributed by atoms with van der Waals surface area (Å²) in [6.07, 6.45) is 1.47. The topological polar surface area (TPSA) is 117 Å². The first kappa shape index (κ1) is 30.4. The number of fused-ring (bicyclic) bond motifs is 2. The summed E-state index contributed by atoms with van der Waals surface area (Å²) in [7, 11) is 1.58. The van der Waals surface area contributed by atoms with E-state index in [0.29, 0.717) is 51.6 Å². The fourth-order valence-corrected chi connectivity index (χ4v) is 5.21. The predicted molar refractivity (Wildman–Crippen MR) is 179 cm³/mol. The molecule has 10 nitrogen and oxygen atoms in total. The van der Waals surface area contributed by atoms with E-state index in [-0.39, 0.29) is 34.7 Å². The minimum atomic E-state index is -0.389. The fraction of sp³-hybridized carbons (Fsp3) is 0.143. The highest BCUT2D eigenvalue weighted by Gasteiger charge is 2.19. The Morgan fingerprint density at radius 2 is 1.80 bits per heavy atom. The van der Waals surface area contributed by atoms with Crippen LogP contribution in [0.4, 0.5) is 5.69 Å². The summed E-state index contributed by atoms with van der Waals surface area (Å²) in [6.45, 7) is 3.75. The van der Waals surface area contributed by atoms with Gasteiger partial charge in [-0.25, -0.2) is 4.98 Å². The molecule has 0 aliphatic heterocycles. The molecule has 1 amide bonds. The van der Waals surface area contributed by atoms with Crippen LogP contribution in [0.15, 0.2) is 99.2 Å². The number of para-hydroxylation sites is 2. The van der Waals surface area contributed by atoms with E-state index in [9.17, 15) is 9.59 Å². The zero-order valence-electron chi connectivity index (χ0n) is 25.2. The van der Waals surface area contributed by atoms with E-state index in [0.717, 1.165) is 10.9 Å². The third kappa shape index (κ3) is 6.15. The van der Waals surface area contributed by atoms with Gasteiger partial charge in [0.15, 0.2) is 23.9 Å². The molecule has 0 fully saturated rings. The van der Waals surface area contributed by atoms with Crippen molar-refractivity contribution in [3.8, 4) is 28.8 Å². The van der Waals surface area contributed by atoms with E-state index in [2.05, 4.69) is 10.4 Å². The lowest BCUT2D eigenvalue weighted by atomic mass is 10.2. The van der Waals surface area contributed by atoms with Crippen LogP contribution in [0.25, 0.3) is 33.5 Å². The van der Waals surface area contributed by atoms with E-state index >= 15 is 0 Å². The Morgan fingerprint density at radius 3 is 2.61 bits per heavy atom. The van der Waals surface area contributed by atoms with Crippen molar-refractivity contribution in [1.29, 1.82) is 0 Å². The fourth-order valence-electron chi connectivity index (χ4n) is 4.94. The van der Waals surface area contributed by atoms with Crippen molar-refractivity contribution in [3.05, 3.63) is 111 Å². The number of hydrogen-bond donors (Lipinski definition) is 1. The number of amides is 1. The molecule has 0 aliphatic rings. The van der Waals surface area contributed by atoms with E-state index in [1.807, 2.05) is 50.2 Å². The zero-order valence-corrected chi connectivity index (χ0v) is 26.0. The summed E-state index contributed by atoms with van der Waals surface area (Å²) in [4.78, 5) is 31.1. The Kier molecular flexibility index (Phi) is 8.71. The van der Waals surface area contributed by atoms with Gasteiger partial charge < -0.3 is 23.9 Å². The maximum Gasteiger partial charge on any atom is 0.282 e. The first-order valence-corrected chi connectivity index (χ1v) is 14.8. The molecule has 2 aromatic heterocycles. The van der Waals surface area contributed by atoms with Crippen molar-refractivity contribution in [1.82, 2.24) is 9.66 Å². The summed E-state index contributed by atoms with van der Waals surface area (Å²) in [5, 5.41) is 8.67. The minimum Gasteiger partial charge on any atom is -0.496 e. The molecule has 11 heteroatoms. The van der Waals surface area contributed by atoms with Gasteiger partial charge in [0.25, 0.3) is 11.5 Å². The number of carbonyl (C=O) groups is 1. The smallest absolute Gasteiger partial charge is 0.282 e. The number of nitrogens with zero attached hydrogens (tertiary/aromatic N) is 3. The molecule has 0 spiro atoms. The van der Waals surface area contributed by atoms with Crippen LogP contribution >= 0.6 is 11.6 Å². The minimum absolute atomic E-state index is 0.199. The Morgan fingerprint density at radius 1 is 1.00 bits per heavy atom. The molecular weight excluding hydrogens is 608 g/mol. The van der Waals surface area contributed by atoms with E-state index in [4.69, 9.17) is 35.2 Å². The van der Waals surface area contributed by atoms with Gasteiger partial charge in [-0.05, 0) is 73.5 Å². The SMILES string of the molecule is CCOc1cc(C=Nn2c(-c3cc4c(OC)cccc4o3)nc3ccccc3c2=O)cc(Cl)c1OCC(=O)Nc1ccccc1C. The van der Waals surface area contributed by atoms with Gasteiger partial charge >= 0.3 is 0 Å². The molecule has 4 aromatic carbocycles. The molecule has 0 bridgehead atoms. The number of hydrogen-bond acceptors (Lipinski definition) is 8. The van der Waals surface area contributed by atoms with E-state index < -0.39 is 0 Å². The Labute approximate surface area is 268 Å². The lowest BCUT2D eigenvalue weighted by Gasteiger charge is -2.15. The average molecular weight is 637 g/mol. The molecule has 0 atom stereocenters. The van der Waals surface area contributed by atoms with Crippen LogP contribution in [0.2, 0.25) is 5.02 Å². The highest BCUT2D eigenvalue weighted by Crippen LogP contribution is 2.37. The summed E-state index contributed by atoms with van der Waals surface area (Å²) in [5.74, 6) is 1.33. The van der Waals surface area contributed by atoms with Crippen LogP contribution in [-0.2, 0) is 4.79 Å². The first-order chi connectivity index (χ1) is 22.4. The normalized spacial score (nSPS) is 11.3.